The Kier molecular flexibility index (Phi) is 5.32. The molecular weight excluding hydrogens is 382 g/mol. The molecule has 2 aromatic rings. The zero-order valence-electron chi connectivity index (χ0n) is 17.1. The predicted molar refractivity (Wildman–Crippen MR) is 112 cm³/mol. The van der Waals surface area contributed by atoms with E-state index in [0.29, 0.717) is 42.3 Å². The number of piperidine rings is 3. The van der Waals surface area contributed by atoms with Crippen molar-refractivity contribution >= 4 is 5.91 Å². The minimum absolute atomic E-state index is 0.202. The third-order valence-corrected chi connectivity index (χ3v) is 7.19. The van der Waals surface area contributed by atoms with Crippen LogP contribution in [0.4, 0.5) is 8.78 Å². The fraction of sp³-hybridized carbons (Fsp3) is 0.480. The number of halogens is 2. The number of amides is 1. The first kappa shape index (κ1) is 19.7. The molecule has 5 heteroatoms. The second kappa shape index (κ2) is 8.10. The van der Waals surface area contributed by atoms with E-state index in [1.165, 1.54) is 17.7 Å². The van der Waals surface area contributed by atoms with Crippen molar-refractivity contribution in [3.8, 4) is 0 Å². The van der Waals surface area contributed by atoms with Crippen molar-refractivity contribution in [1.29, 1.82) is 0 Å². The molecule has 0 saturated carbocycles. The van der Waals surface area contributed by atoms with Crippen LogP contribution in [0.25, 0.3) is 0 Å². The SMILES string of the molecule is O=C1CCC[C@H]2[C@@H]3C[C@@H](CN(Cc4cc(F)cc(F)c4)C3)[C@H](Cc3ccccc3)N12. The third-order valence-electron chi connectivity index (χ3n) is 7.19. The Morgan fingerprint density at radius 1 is 0.933 bits per heavy atom. The van der Waals surface area contributed by atoms with Crippen LogP contribution in [0.3, 0.4) is 0 Å². The quantitative estimate of drug-likeness (QED) is 0.746. The van der Waals surface area contributed by atoms with Gasteiger partial charge in [-0.25, -0.2) is 8.78 Å². The molecule has 0 unspecified atom stereocenters. The minimum Gasteiger partial charge on any atom is -0.336 e. The van der Waals surface area contributed by atoms with E-state index in [-0.39, 0.29) is 6.04 Å². The number of benzene rings is 2. The molecule has 3 saturated heterocycles. The van der Waals surface area contributed by atoms with E-state index in [1.807, 2.05) is 6.07 Å². The Hall–Kier alpha value is -2.27. The molecule has 1 amide bonds. The minimum atomic E-state index is -0.520. The van der Waals surface area contributed by atoms with E-state index in [1.54, 1.807) is 0 Å². The summed E-state index contributed by atoms with van der Waals surface area (Å²) in [7, 11) is 0. The van der Waals surface area contributed by atoms with Crippen LogP contribution in [0.1, 0.15) is 36.8 Å². The molecule has 2 bridgehead atoms. The fourth-order valence-corrected chi connectivity index (χ4v) is 6.08. The summed E-state index contributed by atoms with van der Waals surface area (Å²) in [5, 5.41) is 0. The molecule has 5 rings (SSSR count). The largest absolute Gasteiger partial charge is 0.336 e. The monoisotopic (exact) mass is 410 g/mol. The van der Waals surface area contributed by atoms with Gasteiger partial charge in [-0.1, -0.05) is 30.3 Å². The molecule has 3 nitrogen and oxygen atoms in total. The van der Waals surface area contributed by atoms with Gasteiger partial charge in [-0.05, 0) is 60.8 Å². The number of hydrogen-bond donors (Lipinski definition) is 0. The van der Waals surface area contributed by atoms with Crippen LogP contribution in [0.15, 0.2) is 48.5 Å². The molecular formula is C25H28F2N2O. The molecule has 0 aromatic heterocycles. The van der Waals surface area contributed by atoms with Crippen LogP contribution in [-0.2, 0) is 17.8 Å². The molecule has 158 valence electrons. The number of nitrogens with zero attached hydrogens (tertiary/aromatic N) is 2. The Labute approximate surface area is 176 Å². The summed E-state index contributed by atoms with van der Waals surface area (Å²) in [5.74, 6) is 0.100. The Morgan fingerprint density at radius 3 is 2.43 bits per heavy atom. The van der Waals surface area contributed by atoms with Crippen LogP contribution >= 0.6 is 0 Å². The van der Waals surface area contributed by atoms with Crippen LogP contribution in [0.2, 0.25) is 0 Å². The average Bonchev–Trinajstić information content (AvgIpc) is 2.71. The van der Waals surface area contributed by atoms with Gasteiger partial charge in [0.1, 0.15) is 11.6 Å². The first-order valence-electron chi connectivity index (χ1n) is 11.1. The van der Waals surface area contributed by atoms with Crippen molar-refractivity contribution in [2.45, 2.75) is 50.7 Å². The average molecular weight is 411 g/mol. The smallest absolute Gasteiger partial charge is 0.223 e. The Morgan fingerprint density at radius 2 is 1.67 bits per heavy atom. The summed E-state index contributed by atoms with van der Waals surface area (Å²) in [6.07, 6.45) is 4.71. The fourth-order valence-electron chi connectivity index (χ4n) is 6.08. The first-order chi connectivity index (χ1) is 14.6. The van der Waals surface area contributed by atoms with Crippen molar-refractivity contribution in [2.24, 2.45) is 11.8 Å². The third kappa shape index (κ3) is 3.87. The molecule has 0 spiro atoms. The van der Waals surface area contributed by atoms with Gasteiger partial charge < -0.3 is 4.90 Å². The summed E-state index contributed by atoms with van der Waals surface area (Å²) in [5.41, 5.74) is 1.95. The first-order valence-corrected chi connectivity index (χ1v) is 11.1. The highest BCUT2D eigenvalue weighted by molar-refractivity contribution is 5.78. The normalized spacial score (nSPS) is 29.0. The lowest BCUT2D eigenvalue weighted by molar-refractivity contribution is -0.152. The zero-order chi connectivity index (χ0) is 20.7. The lowest BCUT2D eigenvalue weighted by atomic mass is 9.70. The number of carbonyl (C=O) groups excluding carboxylic acids is 1. The lowest BCUT2D eigenvalue weighted by Crippen LogP contribution is -2.65. The zero-order valence-corrected chi connectivity index (χ0v) is 17.1. The highest BCUT2D eigenvalue weighted by Gasteiger charge is 2.49. The Bertz CT molecular complexity index is 898. The summed E-state index contributed by atoms with van der Waals surface area (Å²) in [6.45, 7) is 2.31. The highest BCUT2D eigenvalue weighted by atomic mass is 19.1. The molecule has 3 aliphatic rings. The molecule has 0 radical (unpaired) electrons. The molecule has 30 heavy (non-hydrogen) atoms. The van der Waals surface area contributed by atoms with E-state index >= 15 is 0 Å². The molecule has 3 fully saturated rings. The summed E-state index contributed by atoms with van der Waals surface area (Å²) < 4.78 is 27.4. The number of fused-ring (bicyclic) bond motifs is 4. The molecule has 0 aliphatic carbocycles. The standard InChI is InChI=1S/C25H28F2N2O/c26-21-9-18(10-22(27)13-21)14-28-15-19-12-20(16-28)24(11-17-5-2-1-3-6-17)29-23(19)7-4-8-25(29)30/h1-3,5-6,9-10,13,19-20,23-24H,4,7-8,11-12,14-16H2/t19-,20+,23+,24+/m1/s1. The predicted octanol–water partition coefficient (Wildman–Crippen LogP) is 4.41. The van der Waals surface area contributed by atoms with Gasteiger partial charge in [0.2, 0.25) is 5.91 Å². The van der Waals surface area contributed by atoms with Crippen molar-refractivity contribution in [1.82, 2.24) is 9.80 Å². The highest BCUT2D eigenvalue weighted by Crippen LogP contribution is 2.42. The lowest BCUT2D eigenvalue weighted by Gasteiger charge is -2.57. The van der Waals surface area contributed by atoms with E-state index in [2.05, 4.69) is 34.1 Å². The number of rotatable bonds is 4. The second-order valence-corrected chi connectivity index (χ2v) is 9.25. The molecule has 4 atom stereocenters. The molecule has 2 aromatic carbocycles. The Balaban J connectivity index is 1.40. The van der Waals surface area contributed by atoms with Crippen molar-refractivity contribution in [2.75, 3.05) is 13.1 Å². The van der Waals surface area contributed by atoms with Gasteiger partial charge in [0.25, 0.3) is 0 Å². The molecule has 3 aliphatic heterocycles. The van der Waals surface area contributed by atoms with Crippen LogP contribution in [0.5, 0.6) is 0 Å². The molecule has 0 N–H and O–H groups in total. The number of likely N-dealkylation sites (tertiary alicyclic amines) is 1. The van der Waals surface area contributed by atoms with Gasteiger partial charge in [-0.3, -0.25) is 9.69 Å². The van der Waals surface area contributed by atoms with E-state index in [4.69, 9.17) is 0 Å². The van der Waals surface area contributed by atoms with E-state index in [9.17, 15) is 13.6 Å². The summed E-state index contributed by atoms with van der Waals surface area (Å²) in [4.78, 5) is 17.5. The van der Waals surface area contributed by atoms with Crippen molar-refractivity contribution in [3.05, 3.63) is 71.3 Å². The van der Waals surface area contributed by atoms with Gasteiger partial charge in [-0.2, -0.15) is 0 Å². The van der Waals surface area contributed by atoms with Crippen molar-refractivity contribution in [3.63, 3.8) is 0 Å². The van der Waals surface area contributed by atoms with E-state index < -0.39 is 11.6 Å². The van der Waals surface area contributed by atoms with Gasteiger partial charge in [0, 0.05) is 44.2 Å². The molecule has 3 heterocycles. The summed E-state index contributed by atoms with van der Waals surface area (Å²) in [6, 6.07) is 14.7. The van der Waals surface area contributed by atoms with Gasteiger partial charge in [-0.15, -0.1) is 0 Å². The summed E-state index contributed by atoms with van der Waals surface area (Å²) >= 11 is 0. The van der Waals surface area contributed by atoms with Gasteiger partial charge >= 0.3 is 0 Å². The maximum absolute atomic E-state index is 13.7. The van der Waals surface area contributed by atoms with Gasteiger partial charge in [0.05, 0.1) is 0 Å². The van der Waals surface area contributed by atoms with Crippen molar-refractivity contribution < 1.29 is 13.6 Å². The van der Waals surface area contributed by atoms with Crippen LogP contribution in [-0.4, -0.2) is 40.9 Å². The maximum atomic E-state index is 13.7. The second-order valence-electron chi connectivity index (χ2n) is 9.25. The maximum Gasteiger partial charge on any atom is 0.223 e. The number of hydrogen-bond acceptors (Lipinski definition) is 2. The topological polar surface area (TPSA) is 23.6 Å². The van der Waals surface area contributed by atoms with Crippen LogP contribution in [0, 0.1) is 23.5 Å². The van der Waals surface area contributed by atoms with E-state index in [0.717, 1.165) is 44.8 Å². The number of carbonyl (C=O) groups is 1. The van der Waals surface area contributed by atoms with Gasteiger partial charge in [0.15, 0.2) is 0 Å². The van der Waals surface area contributed by atoms with Crippen LogP contribution < -0.4 is 0 Å².